The topological polar surface area (TPSA) is 60.7 Å². The van der Waals surface area contributed by atoms with Crippen LogP contribution in [0.2, 0.25) is 0 Å². The normalized spacial score (nSPS) is 14.9. The second kappa shape index (κ2) is 6.12. The van der Waals surface area contributed by atoms with Crippen LogP contribution in [0, 0.1) is 0 Å². The summed E-state index contributed by atoms with van der Waals surface area (Å²) in [5.41, 5.74) is 0.634. The molecule has 3 nitrogen and oxygen atoms in total. The maximum Gasteiger partial charge on any atom is 0.107 e. The average Bonchev–Trinajstić information content (AvgIpc) is 2.28. The first kappa shape index (κ1) is 12.5. The molecule has 2 unspecified atom stereocenters. The molecule has 15 heavy (non-hydrogen) atoms. The van der Waals surface area contributed by atoms with Gasteiger partial charge in [-0.05, 0) is 23.4 Å². The van der Waals surface area contributed by atoms with Crippen LogP contribution in [0.4, 0.5) is 0 Å². The van der Waals surface area contributed by atoms with E-state index in [1.165, 1.54) is 0 Å². The minimum Gasteiger partial charge on any atom is -0.394 e. The van der Waals surface area contributed by atoms with E-state index in [0.29, 0.717) is 5.56 Å². The summed E-state index contributed by atoms with van der Waals surface area (Å²) in [6.45, 7) is 1.61. The highest BCUT2D eigenvalue weighted by Crippen LogP contribution is 2.23. The molecular formula is C11H16O3S. The van der Waals surface area contributed by atoms with Crippen molar-refractivity contribution >= 4 is 11.8 Å². The Morgan fingerprint density at radius 2 is 2.07 bits per heavy atom. The fourth-order valence-electron chi connectivity index (χ4n) is 1.28. The SMILES string of the molecule is CCSc1cccc(C(O)C(O)CO)c1. The standard InChI is InChI=1S/C11H16O3S/c1-2-15-9-5-3-4-8(6-9)11(14)10(13)7-12/h3-6,10-14H,2,7H2,1H3. The van der Waals surface area contributed by atoms with Gasteiger partial charge in [-0.3, -0.25) is 0 Å². The molecule has 0 heterocycles. The molecule has 0 saturated heterocycles. The fourth-order valence-corrected chi connectivity index (χ4v) is 2.00. The Morgan fingerprint density at radius 3 is 2.67 bits per heavy atom. The quantitative estimate of drug-likeness (QED) is 0.662. The van der Waals surface area contributed by atoms with E-state index in [2.05, 4.69) is 6.92 Å². The zero-order valence-corrected chi connectivity index (χ0v) is 9.44. The number of rotatable bonds is 5. The molecule has 84 valence electrons. The van der Waals surface area contributed by atoms with Crippen molar-refractivity contribution in [2.75, 3.05) is 12.4 Å². The Morgan fingerprint density at radius 1 is 1.33 bits per heavy atom. The Bertz CT molecular complexity index is 304. The second-order valence-electron chi connectivity index (χ2n) is 3.20. The first-order valence-electron chi connectivity index (χ1n) is 4.88. The van der Waals surface area contributed by atoms with Crippen molar-refractivity contribution in [3.05, 3.63) is 29.8 Å². The van der Waals surface area contributed by atoms with E-state index in [1.54, 1.807) is 17.8 Å². The first-order valence-corrected chi connectivity index (χ1v) is 5.87. The third kappa shape index (κ3) is 3.50. The van der Waals surface area contributed by atoms with Gasteiger partial charge in [0, 0.05) is 4.90 Å². The lowest BCUT2D eigenvalue weighted by Crippen LogP contribution is -2.21. The van der Waals surface area contributed by atoms with Gasteiger partial charge in [0.05, 0.1) is 6.61 Å². The Balaban J connectivity index is 2.80. The summed E-state index contributed by atoms with van der Waals surface area (Å²) >= 11 is 1.67. The summed E-state index contributed by atoms with van der Waals surface area (Å²) < 4.78 is 0. The highest BCUT2D eigenvalue weighted by atomic mass is 32.2. The lowest BCUT2D eigenvalue weighted by molar-refractivity contribution is -0.0153. The molecule has 0 saturated carbocycles. The van der Waals surface area contributed by atoms with Crippen LogP contribution in [0.3, 0.4) is 0 Å². The summed E-state index contributed by atoms with van der Waals surface area (Å²) in [4.78, 5) is 1.05. The van der Waals surface area contributed by atoms with Crippen molar-refractivity contribution < 1.29 is 15.3 Å². The van der Waals surface area contributed by atoms with Crippen LogP contribution in [0.15, 0.2) is 29.2 Å². The summed E-state index contributed by atoms with van der Waals surface area (Å²) in [7, 11) is 0. The van der Waals surface area contributed by atoms with Gasteiger partial charge in [-0.25, -0.2) is 0 Å². The average molecular weight is 228 g/mol. The van der Waals surface area contributed by atoms with Crippen LogP contribution >= 0.6 is 11.8 Å². The van der Waals surface area contributed by atoms with Gasteiger partial charge < -0.3 is 15.3 Å². The van der Waals surface area contributed by atoms with Gasteiger partial charge in [-0.2, -0.15) is 0 Å². The molecule has 3 N–H and O–H groups in total. The monoisotopic (exact) mass is 228 g/mol. The molecule has 2 atom stereocenters. The number of hydrogen-bond acceptors (Lipinski definition) is 4. The van der Waals surface area contributed by atoms with E-state index in [-0.39, 0.29) is 0 Å². The third-order valence-corrected chi connectivity index (χ3v) is 2.94. The van der Waals surface area contributed by atoms with Gasteiger partial charge in [-0.15, -0.1) is 11.8 Å². The number of benzene rings is 1. The van der Waals surface area contributed by atoms with Gasteiger partial charge in [0.2, 0.25) is 0 Å². The largest absolute Gasteiger partial charge is 0.394 e. The maximum absolute atomic E-state index is 9.66. The molecule has 0 aromatic heterocycles. The van der Waals surface area contributed by atoms with Crippen molar-refractivity contribution in [1.82, 2.24) is 0 Å². The van der Waals surface area contributed by atoms with Crippen LogP contribution in [0.5, 0.6) is 0 Å². The number of thioether (sulfide) groups is 1. The predicted molar refractivity (Wildman–Crippen MR) is 60.9 cm³/mol. The van der Waals surface area contributed by atoms with Gasteiger partial charge in [0.25, 0.3) is 0 Å². The van der Waals surface area contributed by atoms with Crippen molar-refractivity contribution in [2.24, 2.45) is 0 Å². The lowest BCUT2D eigenvalue weighted by atomic mass is 10.1. The molecule has 0 bridgehead atoms. The van der Waals surface area contributed by atoms with E-state index < -0.39 is 18.8 Å². The van der Waals surface area contributed by atoms with E-state index >= 15 is 0 Å². The van der Waals surface area contributed by atoms with E-state index in [1.807, 2.05) is 18.2 Å². The molecule has 0 amide bonds. The molecule has 0 radical (unpaired) electrons. The molecule has 0 aliphatic rings. The van der Waals surface area contributed by atoms with Gasteiger partial charge >= 0.3 is 0 Å². The van der Waals surface area contributed by atoms with E-state index in [4.69, 9.17) is 5.11 Å². The van der Waals surface area contributed by atoms with Crippen molar-refractivity contribution in [3.63, 3.8) is 0 Å². The van der Waals surface area contributed by atoms with E-state index in [9.17, 15) is 10.2 Å². The summed E-state index contributed by atoms with van der Waals surface area (Å²) in [5.74, 6) is 0.960. The minimum atomic E-state index is -1.12. The third-order valence-electron chi connectivity index (χ3n) is 2.06. The van der Waals surface area contributed by atoms with Gasteiger partial charge in [0.15, 0.2) is 0 Å². The Labute approximate surface area is 93.8 Å². The smallest absolute Gasteiger partial charge is 0.107 e. The van der Waals surface area contributed by atoms with Gasteiger partial charge in [-0.1, -0.05) is 19.1 Å². The van der Waals surface area contributed by atoms with Gasteiger partial charge in [0.1, 0.15) is 12.2 Å². The molecular weight excluding hydrogens is 212 g/mol. The fraction of sp³-hybridized carbons (Fsp3) is 0.455. The number of aliphatic hydroxyl groups is 3. The zero-order chi connectivity index (χ0) is 11.3. The lowest BCUT2D eigenvalue weighted by Gasteiger charge is -2.16. The zero-order valence-electron chi connectivity index (χ0n) is 8.63. The molecule has 0 aliphatic heterocycles. The Hall–Kier alpha value is -0.550. The first-order chi connectivity index (χ1) is 7.19. The minimum absolute atomic E-state index is 0.438. The predicted octanol–water partition coefficient (Wildman–Crippen LogP) is 1.19. The maximum atomic E-state index is 9.66. The molecule has 0 aliphatic carbocycles. The number of hydrogen-bond donors (Lipinski definition) is 3. The van der Waals surface area contributed by atoms with Crippen LogP contribution < -0.4 is 0 Å². The molecule has 1 aromatic rings. The molecule has 0 fully saturated rings. The van der Waals surface area contributed by atoms with Crippen LogP contribution in [-0.2, 0) is 0 Å². The van der Waals surface area contributed by atoms with Crippen molar-refractivity contribution in [2.45, 2.75) is 24.0 Å². The molecule has 1 rings (SSSR count). The van der Waals surface area contributed by atoms with E-state index in [0.717, 1.165) is 10.6 Å². The highest BCUT2D eigenvalue weighted by molar-refractivity contribution is 7.99. The van der Waals surface area contributed by atoms with Crippen LogP contribution in [0.25, 0.3) is 0 Å². The molecule has 0 spiro atoms. The van der Waals surface area contributed by atoms with Crippen molar-refractivity contribution in [3.8, 4) is 0 Å². The second-order valence-corrected chi connectivity index (χ2v) is 4.54. The molecule has 1 aromatic carbocycles. The van der Waals surface area contributed by atoms with Crippen LogP contribution in [0.1, 0.15) is 18.6 Å². The summed E-state index contributed by atoms with van der Waals surface area (Å²) in [5, 5.41) is 27.7. The molecule has 4 heteroatoms. The van der Waals surface area contributed by atoms with Crippen molar-refractivity contribution in [1.29, 1.82) is 0 Å². The summed E-state index contributed by atoms with van der Waals surface area (Å²) in [6, 6.07) is 7.36. The Kier molecular flexibility index (Phi) is 5.11. The highest BCUT2D eigenvalue weighted by Gasteiger charge is 2.17. The summed E-state index contributed by atoms with van der Waals surface area (Å²) in [6.07, 6.45) is -2.14. The van der Waals surface area contributed by atoms with Crippen LogP contribution in [-0.4, -0.2) is 33.8 Å². The number of aliphatic hydroxyl groups excluding tert-OH is 3.